The van der Waals surface area contributed by atoms with E-state index >= 15 is 4.39 Å². The van der Waals surface area contributed by atoms with E-state index < -0.39 is 12.6 Å². The van der Waals surface area contributed by atoms with Gasteiger partial charge in [0.15, 0.2) is 17.7 Å². The zero-order valence-corrected chi connectivity index (χ0v) is 22.1. The molecular formula is C28H32F3N5O3. The summed E-state index contributed by atoms with van der Waals surface area (Å²) in [6, 6.07) is 10.0. The zero-order chi connectivity index (χ0) is 27.5. The lowest BCUT2D eigenvalue weighted by atomic mass is 9.97. The quantitative estimate of drug-likeness (QED) is 0.270. The molecule has 11 heteroatoms. The lowest BCUT2D eigenvalue weighted by Gasteiger charge is -2.30. The Bertz CT molecular complexity index is 1410. The molecule has 2 N–H and O–H groups in total. The van der Waals surface area contributed by atoms with Gasteiger partial charge in [-0.2, -0.15) is 0 Å². The molecular weight excluding hydrogens is 511 g/mol. The Balaban J connectivity index is 1.48. The van der Waals surface area contributed by atoms with E-state index in [0.29, 0.717) is 39.4 Å². The minimum absolute atomic E-state index is 0.136. The van der Waals surface area contributed by atoms with Crippen LogP contribution in [0.3, 0.4) is 0 Å². The number of nitrogens with zero attached hydrogens (tertiary/aromatic N) is 3. The molecule has 0 amide bonds. The molecule has 1 fully saturated rings. The van der Waals surface area contributed by atoms with Crippen molar-refractivity contribution in [3.05, 3.63) is 47.9 Å². The largest absolute Gasteiger partial charge is 0.493 e. The van der Waals surface area contributed by atoms with Gasteiger partial charge in [-0.1, -0.05) is 0 Å². The maximum atomic E-state index is 15.1. The van der Waals surface area contributed by atoms with Crippen molar-refractivity contribution in [1.82, 2.24) is 25.4 Å². The van der Waals surface area contributed by atoms with E-state index in [4.69, 9.17) is 13.9 Å². The third kappa shape index (κ3) is 5.46. The molecule has 208 valence electrons. The smallest absolute Gasteiger partial charge is 0.273 e. The average molecular weight is 544 g/mol. The van der Waals surface area contributed by atoms with Crippen LogP contribution >= 0.6 is 0 Å². The van der Waals surface area contributed by atoms with Gasteiger partial charge in [-0.3, -0.25) is 0 Å². The third-order valence-corrected chi connectivity index (χ3v) is 7.31. The highest BCUT2D eigenvalue weighted by molar-refractivity contribution is 5.94. The van der Waals surface area contributed by atoms with Gasteiger partial charge in [0.2, 0.25) is 11.8 Å². The second-order valence-corrected chi connectivity index (χ2v) is 9.64. The second-order valence-electron chi connectivity index (χ2n) is 9.64. The maximum absolute atomic E-state index is 15.1. The number of benzene rings is 2. The first-order chi connectivity index (χ1) is 18.9. The molecule has 0 radical (unpaired) electrons. The normalized spacial score (nSPS) is 15.8. The van der Waals surface area contributed by atoms with Crippen molar-refractivity contribution in [3.8, 4) is 34.2 Å². The van der Waals surface area contributed by atoms with Crippen LogP contribution in [0.25, 0.3) is 33.6 Å². The van der Waals surface area contributed by atoms with E-state index in [1.165, 1.54) is 14.2 Å². The summed E-state index contributed by atoms with van der Waals surface area (Å²) >= 11 is 0. The summed E-state index contributed by atoms with van der Waals surface area (Å²) < 4.78 is 59.2. The number of nitrogens with one attached hydrogen (secondary N) is 2. The number of piperidine rings is 1. The van der Waals surface area contributed by atoms with E-state index in [0.717, 1.165) is 39.0 Å². The predicted octanol–water partition coefficient (Wildman–Crippen LogP) is 5.58. The van der Waals surface area contributed by atoms with Gasteiger partial charge < -0.3 is 29.1 Å². The highest BCUT2D eigenvalue weighted by atomic mass is 19.3. The number of likely N-dealkylation sites (tertiary alicyclic amines) is 1. The Morgan fingerprint density at radius 3 is 2.46 bits per heavy atom. The summed E-state index contributed by atoms with van der Waals surface area (Å²) in [5.41, 5.74) is 1.64. The van der Waals surface area contributed by atoms with Crippen molar-refractivity contribution < 1.29 is 27.1 Å². The number of hydrogen-bond acceptors (Lipinski definition) is 7. The van der Waals surface area contributed by atoms with Gasteiger partial charge in [0.05, 0.1) is 19.9 Å². The summed E-state index contributed by atoms with van der Waals surface area (Å²) in [4.78, 5) is 5.51. The third-order valence-electron chi connectivity index (χ3n) is 7.31. The van der Waals surface area contributed by atoms with Crippen molar-refractivity contribution in [2.75, 3.05) is 47.4 Å². The van der Waals surface area contributed by atoms with Gasteiger partial charge in [-0.05, 0) is 69.4 Å². The molecule has 0 spiro atoms. The Morgan fingerprint density at radius 2 is 1.77 bits per heavy atom. The highest BCUT2D eigenvalue weighted by Gasteiger charge is 2.30. The molecule has 1 atom stereocenters. The van der Waals surface area contributed by atoms with Gasteiger partial charge in [-0.15, -0.1) is 10.2 Å². The molecule has 0 saturated carbocycles. The minimum Gasteiger partial charge on any atom is -0.493 e. The van der Waals surface area contributed by atoms with Crippen LogP contribution in [0.15, 0.2) is 40.8 Å². The first-order valence-corrected chi connectivity index (χ1v) is 12.9. The van der Waals surface area contributed by atoms with Crippen molar-refractivity contribution in [3.63, 3.8) is 0 Å². The van der Waals surface area contributed by atoms with E-state index in [2.05, 4.69) is 25.4 Å². The number of likely N-dealkylation sites (N-methyl/N-ethyl adjacent to an activating group) is 1. The zero-order valence-electron chi connectivity index (χ0n) is 22.1. The molecule has 2 aromatic heterocycles. The van der Waals surface area contributed by atoms with Crippen LogP contribution in [0, 0.1) is 0 Å². The SMILES string of the molecule is CNCCN1CCC(c2nnc(-c3ccc4[nH]c(-c5ccc(OC)c(OC)c5)c(C(F)C(F)F)c4c3)o2)CC1. The van der Waals surface area contributed by atoms with Gasteiger partial charge in [0, 0.05) is 46.6 Å². The molecule has 1 unspecified atom stereocenters. The van der Waals surface area contributed by atoms with E-state index in [9.17, 15) is 8.78 Å². The van der Waals surface area contributed by atoms with Crippen LogP contribution in [0.5, 0.6) is 11.5 Å². The Hall–Kier alpha value is -3.57. The van der Waals surface area contributed by atoms with Gasteiger partial charge in [0.25, 0.3) is 6.43 Å². The molecule has 0 aliphatic carbocycles. The van der Waals surface area contributed by atoms with Crippen molar-refractivity contribution in [1.29, 1.82) is 0 Å². The fourth-order valence-electron chi connectivity index (χ4n) is 5.17. The standard InChI is InChI=1S/C28H32F3N5O3/c1-32-10-13-36-11-8-16(9-12-36)27-34-35-28(39-27)18-4-6-20-19(14-18)23(24(29)26(30)31)25(33-20)17-5-7-21(37-2)22(15-17)38-3/h4-7,14-16,24,26,32-33H,8-13H2,1-3H3. The second kappa shape index (κ2) is 11.7. The lowest BCUT2D eigenvalue weighted by molar-refractivity contribution is 0.0506. The van der Waals surface area contributed by atoms with Crippen LogP contribution in [-0.4, -0.2) is 74.0 Å². The summed E-state index contributed by atoms with van der Waals surface area (Å²) in [7, 11) is 4.92. The van der Waals surface area contributed by atoms with Crippen molar-refractivity contribution in [2.24, 2.45) is 0 Å². The number of alkyl halides is 3. The molecule has 8 nitrogen and oxygen atoms in total. The van der Waals surface area contributed by atoms with Gasteiger partial charge in [0.1, 0.15) is 0 Å². The first kappa shape index (κ1) is 27.0. The molecule has 3 heterocycles. The summed E-state index contributed by atoms with van der Waals surface area (Å²) in [5.74, 6) is 1.88. The summed E-state index contributed by atoms with van der Waals surface area (Å²) in [6.07, 6.45) is -3.89. The van der Waals surface area contributed by atoms with Crippen LogP contribution in [0.2, 0.25) is 0 Å². The van der Waals surface area contributed by atoms with E-state index in [1.54, 1.807) is 36.4 Å². The number of H-pyrrole nitrogens is 1. The molecule has 5 rings (SSSR count). The number of methoxy groups -OCH3 is 2. The fourth-order valence-corrected chi connectivity index (χ4v) is 5.17. The molecule has 1 aliphatic rings. The molecule has 0 bridgehead atoms. The van der Waals surface area contributed by atoms with Crippen LogP contribution in [0.1, 0.15) is 36.4 Å². The lowest BCUT2D eigenvalue weighted by Crippen LogP contribution is -2.37. The highest BCUT2D eigenvalue weighted by Crippen LogP contribution is 2.42. The van der Waals surface area contributed by atoms with Crippen LogP contribution in [-0.2, 0) is 0 Å². The molecule has 4 aromatic rings. The van der Waals surface area contributed by atoms with Crippen molar-refractivity contribution in [2.45, 2.75) is 31.4 Å². The van der Waals surface area contributed by atoms with Gasteiger partial charge in [-0.25, -0.2) is 13.2 Å². The van der Waals surface area contributed by atoms with Crippen LogP contribution in [0.4, 0.5) is 13.2 Å². The first-order valence-electron chi connectivity index (χ1n) is 12.9. The number of aromatic nitrogens is 3. The monoisotopic (exact) mass is 543 g/mol. The molecule has 2 aromatic carbocycles. The molecule has 39 heavy (non-hydrogen) atoms. The maximum Gasteiger partial charge on any atom is 0.273 e. The number of halogens is 3. The fraction of sp³-hybridized carbons (Fsp3) is 0.429. The van der Waals surface area contributed by atoms with E-state index in [-0.39, 0.29) is 23.1 Å². The van der Waals surface area contributed by atoms with E-state index in [1.807, 2.05) is 7.05 Å². The number of aromatic amines is 1. The minimum atomic E-state index is -3.21. The number of ether oxygens (including phenoxy) is 2. The average Bonchev–Trinajstić information content (AvgIpc) is 3.60. The summed E-state index contributed by atoms with van der Waals surface area (Å²) in [6.45, 7) is 3.84. The Kier molecular flexibility index (Phi) is 8.08. The number of rotatable bonds is 10. The predicted molar refractivity (Wildman–Crippen MR) is 142 cm³/mol. The topological polar surface area (TPSA) is 88.4 Å². The Morgan fingerprint density at radius 1 is 1.03 bits per heavy atom. The van der Waals surface area contributed by atoms with Gasteiger partial charge >= 0.3 is 0 Å². The molecule has 1 saturated heterocycles. The number of fused-ring (bicyclic) bond motifs is 1. The summed E-state index contributed by atoms with van der Waals surface area (Å²) in [5, 5.41) is 12.0. The van der Waals surface area contributed by atoms with Crippen LogP contribution < -0.4 is 14.8 Å². The van der Waals surface area contributed by atoms with Crippen molar-refractivity contribution >= 4 is 10.9 Å². The Labute approximate surface area is 224 Å². The number of hydrogen-bond donors (Lipinski definition) is 2. The molecule has 1 aliphatic heterocycles.